The molecule has 0 fully saturated rings. The van der Waals surface area contributed by atoms with Crippen molar-refractivity contribution in [3.05, 3.63) is 64.9 Å². The number of aromatic nitrogens is 1. The summed E-state index contributed by atoms with van der Waals surface area (Å²) in [6, 6.07) is 11.5. The number of anilines is 1. The predicted molar refractivity (Wildman–Crippen MR) is 120 cm³/mol. The lowest BCUT2D eigenvalue weighted by atomic mass is 10.2. The molecule has 6 nitrogen and oxygen atoms in total. The topological polar surface area (TPSA) is 71.5 Å². The third-order valence-corrected chi connectivity index (χ3v) is 6.56. The van der Waals surface area contributed by atoms with E-state index in [4.69, 9.17) is 4.74 Å². The normalized spacial score (nSPS) is 16.2. The zero-order chi connectivity index (χ0) is 21.7. The standard InChI is InChI=1S/C23H27N3O3S/c1-5-17-10-11-24-20(12-17)25-21(27)14-30-23-16(3)15(2)22(28)26(23)13-18-6-8-19(29-4)9-7-18/h6-12,23H,5,13-14H2,1-4H3,(H,24,25,27). The van der Waals surface area contributed by atoms with Crippen molar-refractivity contribution in [1.82, 2.24) is 9.88 Å². The first-order chi connectivity index (χ1) is 14.4. The van der Waals surface area contributed by atoms with Gasteiger partial charge in [-0.25, -0.2) is 4.98 Å². The highest BCUT2D eigenvalue weighted by Crippen LogP contribution is 2.34. The van der Waals surface area contributed by atoms with E-state index >= 15 is 0 Å². The van der Waals surface area contributed by atoms with Crippen molar-refractivity contribution in [1.29, 1.82) is 0 Å². The Bertz CT molecular complexity index is 956. The van der Waals surface area contributed by atoms with Crippen molar-refractivity contribution in [2.24, 2.45) is 0 Å². The number of amides is 2. The van der Waals surface area contributed by atoms with Gasteiger partial charge in [-0.2, -0.15) is 0 Å². The highest BCUT2D eigenvalue weighted by atomic mass is 32.2. The van der Waals surface area contributed by atoms with Crippen LogP contribution in [0, 0.1) is 0 Å². The van der Waals surface area contributed by atoms with Gasteiger partial charge >= 0.3 is 0 Å². The number of methoxy groups -OCH3 is 1. The molecule has 1 aromatic carbocycles. The van der Waals surface area contributed by atoms with E-state index < -0.39 is 0 Å². The van der Waals surface area contributed by atoms with E-state index in [0.29, 0.717) is 12.4 Å². The van der Waals surface area contributed by atoms with Gasteiger partial charge in [0.25, 0.3) is 5.91 Å². The lowest BCUT2D eigenvalue weighted by Gasteiger charge is -2.26. The van der Waals surface area contributed by atoms with Crippen molar-refractivity contribution in [3.8, 4) is 5.75 Å². The fourth-order valence-corrected chi connectivity index (χ4v) is 4.46. The molecule has 0 aliphatic carbocycles. The van der Waals surface area contributed by atoms with Gasteiger partial charge in [-0.1, -0.05) is 19.1 Å². The van der Waals surface area contributed by atoms with Crippen LogP contribution in [-0.4, -0.2) is 39.9 Å². The van der Waals surface area contributed by atoms with Crippen LogP contribution in [0.25, 0.3) is 0 Å². The molecule has 2 amide bonds. The Hall–Kier alpha value is -2.80. The second-order valence-electron chi connectivity index (χ2n) is 7.20. The fraction of sp³-hybridized carbons (Fsp3) is 0.348. The first-order valence-corrected chi connectivity index (χ1v) is 11.0. The van der Waals surface area contributed by atoms with E-state index in [1.54, 1.807) is 13.3 Å². The average Bonchev–Trinajstić information content (AvgIpc) is 2.96. The molecule has 0 bridgehead atoms. The Kier molecular flexibility index (Phi) is 7.15. The summed E-state index contributed by atoms with van der Waals surface area (Å²) < 4.78 is 5.20. The number of pyridine rings is 1. The smallest absolute Gasteiger partial charge is 0.251 e. The Morgan fingerprint density at radius 1 is 1.20 bits per heavy atom. The average molecular weight is 426 g/mol. The van der Waals surface area contributed by atoms with E-state index in [0.717, 1.165) is 34.4 Å². The molecule has 3 rings (SSSR count). The number of ether oxygens (including phenoxy) is 1. The van der Waals surface area contributed by atoms with Crippen LogP contribution in [-0.2, 0) is 22.6 Å². The summed E-state index contributed by atoms with van der Waals surface area (Å²) in [6.45, 7) is 6.35. The summed E-state index contributed by atoms with van der Waals surface area (Å²) in [4.78, 5) is 31.3. The van der Waals surface area contributed by atoms with Gasteiger partial charge in [-0.3, -0.25) is 9.59 Å². The summed E-state index contributed by atoms with van der Waals surface area (Å²) in [5.74, 6) is 1.45. The van der Waals surface area contributed by atoms with Crippen molar-refractivity contribution in [3.63, 3.8) is 0 Å². The first kappa shape index (κ1) is 21.9. The number of carbonyl (C=O) groups excluding carboxylic acids is 2. The number of hydrogen-bond donors (Lipinski definition) is 1. The number of rotatable bonds is 8. The maximum atomic E-state index is 12.8. The van der Waals surface area contributed by atoms with Crippen LogP contribution < -0.4 is 10.1 Å². The third-order valence-electron chi connectivity index (χ3n) is 5.21. The van der Waals surface area contributed by atoms with Crippen LogP contribution in [0.4, 0.5) is 5.82 Å². The van der Waals surface area contributed by atoms with E-state index in [-0.39, 0.29) is 22.9 Å². The maximum absolute atomic E-state index is 12.8. The first-order valence-electron chi connectivity index (χ1n) is 9.90. The Morgan fingerprint density at radius 2 is 1.93 bits per heavy atom. The van der Waals surface area contributed by atoms with Crippen LogP contribution in [0.3, 0.4) is 0 Å². The van der Waals surface area contributed by atoms with Gasteiger partial charge in [0, 0.05) is 18.3 Å². The monoisotopic (exact) mass is 425 g/mol. The number of carbonyl (C=O) groups is 2. The lowest BCUT2D eigenvalue weighted by molar-refractivity contribution is -0.126. The van der Waals surface area contributed by atoms with Gasteiger partial charge in [0.15, 0.2) is 0 Å². The van der Waals surface area contributed by atoms with Gasteiger partial charge in [0.2, 0.25) is 5.91 Å². The van der Waals surface area contributed by atoms with E-state index in [1.165, 1.54) is 11.8 Å². The fourth-order valence-electron chi connectivity index (χ4n) is 3.30. The SMILES string of the molecule is CCc1ccnc(NC(=O)CSC2C(C)=C(C)C(=O)N2Cc2ccc(OC)cc2)c1. The molecule has 158 valence electrons. The molecule has 0 radical (unpaired) electrons. The highest BCUT2D eigenvalue weighted by molar-refractivity contribution is 8.00. The second kappa shape index (κ2) is 9.80. The molecular weight excluding hydrogens is 398 g/mol. The van der Waals surface area contributed by atoms with E-state index in [9.17, 15) is 9.59 Å². The third kappa shape index (κ3) is 5.02. The Balaban J connectivity index is 1.65. The number of thioether (sulfide) groups is 1. The predicted octanol–water partition coefficient (Wildman–Crippen LogP) is 4.03. The molecule has 1 atom stereocenters. The van der Waals surface area contributed by atoms with Crippen molar-refractivity contribution < 1.29 is 14.3 Å². The second-order valence-corrected chi connectivity index (χ2v) is 8.27. The van der Waals surface area contributed by atoms with Crippen LogP contribution in [0.2, 0.25) is 0 Å². The molecule has 7 heteroatoms. The van der Waals surface area contributed by atoms with Crippen LogP contribution >= 0.6 is 11.8 Å². The quantitative estimate of drug-likeness (QED) is 0.691. The van der Waals surface area contributed by atoms with Gasteiger partial charge in [0.1, 0.15) is 16.9 Å². The van der Waals surface area contributed by atoms with Crippen LogP contribution in [0.1, 0.15) is 31.9 Å². The molecule has 1 aliphatic heterocycles. The molecule has 0 saturated carbocycles. The van der Waals surface area contributed by atoms with Crippen molar-refractivity contribution in [2.45, 2.75) is 39.1 Å². The molecule has 0 saturated heterocycles. The van der Waals surface area contributed by atoms with Crippen molar-refractivity contribution >= 4 is 29.4 Å². The molecule has 0 spiro atoms. The van der Waals surface area contributed by atoms with Gasteiger partial charge in [-0.15, -0.1) is 11.8 Å². The summed E-state index contributed by atoms with van der Waals surface area (Å²) in [5, 5.41) is 2.68. The van der Waals surface area contributed by atoms with Crippen LogP contribution in [0.5, 0.6) is 5.75 Å². The maximum Gasteiger partial charge on any atom is 0.251 e. The minimum Gasteiger partial charge on any atom is -0.497 e. The Labute approximate surface area is 181 Å². The Morgan fingerprint density at radius 3 is 2.60 bits per heavy atom. The van der Waals surface area contributed by atoms with Gasteiger partial charge in [0.05, 0.1) is 12.9 Å². The minimum absolute atomic E-state index is 0.0125. The number of nitrogens with one attached hydrogen (secondary N) is 1. The zero-order valence-electron chi connectivity index (χ0n) is 17.8. The summed E-state index contributed by atoms with van der Waals surface area (Å²) in [7, 11) is 1.63. The molecule has 1 aromatic heterocycles. The molecule has 1 unspecified atom stereocenters. The number of nitrogens with zero attached hydrogens (tertiary/aromatic N) is 2. The lowest BCUT2D eigenvalue weighted by Crippen LogP contribution is -2.34. The van der Waals surface area contributed by atoms with Gasteiger partial charge in [-0.05, 0) is 61.2 Å². The van der Waals surface area contributed by atoms with E-state index in [2.05, 4.69) is 17.2 Å². The number of hydrogen-bond acceptors (Lipinski definition) is 5. The molecule has 1 aliphatic rings. The van der Waals surface area contributed by atoms with Crippen LogP contribution in [0.15, 0.2) is 53.7 Å². The summed E-state index contributed by atoms with van der Waals surface area (Å²) >= 11 is 1.45. The largest absolute Gasteiger partial charge is 0.497 e. The highest BCUT2D eigenvalue weighted by Gasteiger charge is 2.35. The summed E-state index contributed by atoms with van der Waals surface area (Å²) in [5.41, 5.74) is 3.88. The molecule has 2 heterocycles. The molecule has 1 N–H and O–H groups in total. The minimum atomic E-state index is -0.166. The molecule has 30 heavy (non-hydrogen) atoms. The number of aryl methyl sites for hydroxylation is 1. The molecule has 2 aromatic rings. The van der Waals surface area contributed by atoms with E-state index in [1.807, 2.05) is 55.1 Å². The van der Waals surface area contributed by atoms with Gasteiger partial charge < -0.3 is 15.0 Å². The number of benzene rings is 1. The summed E-state index contributed by atoms with van der Waals surface area (Å²) in [6.07, 6.45) is 2.58. The van der Waals surface area contributed by atoms with Crippen molar-refractivity contribution in [2.75, 3.05) is 18.2 Å². The zero-order valence-corrected chi connectivity index (χ0v) is 18.6. The molecular formula is C23H27N3O3S.